The van der Waals surface area contributed by atoms with Gasteiger partial charge in [0.1, 0.15) is 0 Å². The predicted molar refractivity (Wildman–Crippen MR) is 131 cm³/mol. The lowest BCUT2D eigenvalue weighted by Gasteiger charge is -2.30. The van der Waals surface area contributed by atoms with E-state index in [2.05, 4.69) is 51.6 Å². The number of hydrogen-bond donors (Lipinski definition) is 2. The molecule has 182 valence electrons. The van der Waals surface area contributed by atoms with Crippen molar-refractivity contribution >= 4 is 24.0 Å². The van der Waals surface area contributed by atoms with Gasteiger partial charge in [-0.25, -0.2) is 0 Å². The standard InChI is InChI=1S/C25H32N4O2.CH2O2/c1-18-11-23(12-19(2)27-18)28-14-22-15-29(24(31)13-26-20(3)30)17-25(22,16-28)10-9-21-7-5-4-6-8-21;2-1-3/h4-8,11-12,22H,9-10,13-17H2,1-3H3,(H,26,30);1H,(H,2,3)/t22-,25+;/m0./s1. The maximum absolute atomic E-state index is 12.7. The van der Waals surface area contributed by atoms with Crippen molar-refractivity contribution in [1.82, 2.24) is 15.2 Å². The minimum absolute atomic E-state index is 0.0193. The van der Waals surface area contributed by atoms with Crippen molar-refractivity contribution in [1.29, 1.82) is 0 Å². The second-order valence-electron chi connectivity index (χ2n) is 9.32. The summed E-state index contributed by atoms with van der Waals surface area (Å²) in [6, 6.07) is 14.9. The van der Waals surface area contributed by atoms with E-state index in [1.54, 1.807) is 0 Å². The van der Waals surface area contributed by atoms with Gasteiger partial charge in [0.05, 0.1) is 6.54 Å². The largest absolute Gasteiger partial charge is 0.483 e. The van der Waals surface area contributed by atoms with Gasteiger partial charge in [-0.15, -0.1) is 0 Å². The van der Waals surface area contributed by atoms with Gasteiger partial charge in [0.2, 0.25) is 11.8 Å². The van der Waals surface area contributed by atoms with Crippen molar-refractivity contribution < 1.29 is 19.5 Å². The lowest BCUT2D eigenvalue weighted by Crippen LogP contribution is -2.41. The van der Waals surface area contributed by atoms with E-state index in [-0.39, 0.29) is 30.2 Å². The fraction of sp³-hybridized carbons (Fsp3) is 0.462. The summed E-state index contributed by atoms with van der Waals surface area (Å²) < 4.78 is 0. The second kappa shape index (κ2) is 11.1. The molecular formula is C26H34N4O4. The number of rotatable bonds is 6. The summed E-state index contributed by atoms with van der Waals surface area (Å²) in [7, 11) is 0. The number of carboxylic acid groups (broad SMARTS) is 1. The molecule has 3 heterocycles. The molecule has 1 aromatic heterocycles. The Kier molecular flexibility index (Phi) is 8.26. The Morgan fingerprint density at radius 2 is 1.79 bits per heavy atom. The van der Waals surface area contributed by atoms with E-state index in [0.717, 1.165) is 50.4 Å². The molecule has 0 unspecified atom stereocenters. The Morgan fingerprint density at radius 3 is 2.41 bits per heavy atom. The summed E-state index contributed by atoms with van der Waals surface area (Å²) in [6.45, 7) is 8.77. The van der Waals surface area contributed by atoms with Gasteiger partial charge >= 0.3 is 0 Å². The number of nitrogens with zero attached hydrogens (tertiary/aromatic N) is 3. The van der Waals surface area contributed by atoms with Gasteiger partial charge in [-0.3, -0.25) is 19.4 Å². The van der Waals surface area contributed by atoms with Crippen LogP contribution in [0.25, 0.3) is 0 Å². The normalized spacial score (nSPS) is 20.9. The van der Waals surface area contributed by atoms with Crippen LogP contribution < -0.4 is 10.2 Å². The van der Waals surface area contributed by atoms with Crippen LogP contribution in [-0.2, 0) is 20.8 Å². The number of hydrogen-bond acceptors (Lipinski definition) is 5. The molecule has 2 atom stereocenters. The molecule has 2 fully saturated rings. The predicted octanol–water partition coefficient (Wildman–Crippen LogP) is 2.43. The molecule has 2 amide bonds. The Balaban J connectivity index is 0.00000103. The minimum atomic E-state index is -0.250. The highest BCUT2D eigenvalue weighted by Gasteiger charge is 2.53. The Bertz CT molecular complexity index is 993. The van der Waals surface area contributed by atoms with Crippen LogP contribution in [0.4, 0.5) is 5.69 Å². The van der Waals surface area contributed by atoms with E-state index >= 15 is 0 Å². The Hall–Kier alpha value is -3.42. The summed E-state index contributed by atoms with van der Waals surface area (Å²) in [5, 5.41) is 9.55. The van der Waals surface area contributed by atoms with Gasteiger partial charge in [0.15, 0.2) is 0 Å². The first-order valence-electron chi connectivity index (χ1n) is 11.6. The van der Waals surface area contributed by atoms with Crippen molar-refractivity contribution in [2.24, 2.45) is 11.3 Å². The molecular weight excluding hydrogens is 432 g/mol. The molecule has 8 nitrogen and oxygen atoms in total. The first-order valence-corrected chi connectivity index (χ1v) is 11.6. The summed E-state index contributed by atoms with van der Waals surface area (Å²) in [5.41, 5.74) is 4.71. The summed E-state index contributed by atoms with van der Waals surface area (Å²) in [6.07, 6.45) is 2.05. The molecule has 4 rings (SSSR count). The van der Waals surface area contributed by atoms with E-state index in [4.69, 9.17) is 9.90 Å². The zero-order chi connectivity index (χ0) is 24.7. The number of anilines is 1. The summed E-state index contributed by atoms with van der Waals surface area (Å²) >= 11 is 0. The van der Waals surface area contributed by atoms with Gasteiger partial charge < -0.3 is 20.2 Å². The Labute approximate surface area is 201 Å². The molecule has 0 spiro atoms. The minimum Gasteiger partial charge on any atom is -0.483 e. The molecule has 2 N–H and O–H groups in total. The number of nitrogens with one attached hydrogen (secondary N) is 1. The average Bonchev–Trinajstić information content (AvgIpc) is 3.31. The van der Waals surface area contributed by atoms with Crippen LogP contribution >= 0.6 is 0 Å². The smallest absolute Gasteiger partial charge is 0.290 e. The quantitative estimate of drug-likeness (QED) is 0.634. The van der Waals surface area contributed by atoms with Crippen LogP contribution in [-0.4, -0.2) is 66.0 Å². The number of carbonyl (C=O) groups excluding carboxylic acids is 2. The highest BCUT2D eigenvalue weighted by atomic mass is 16.3. The van der Waals surface area contributed by atoms with Crippen molar-refractivity contribution in [3.05, 3.63) is 59.4 Å². The molecule has 2 aliphatic rings. The second-order valence-corrected chi connectivity index (χ2v) is 9.32. The highest BCUT2D eigenvalue weighted by Crippen LogP contribution is 2.47. The molecule has 0 aliphatic carbocycles. The maximum Gasteiger partial charge on any atom is 0.290 e. The number of benzene rings is 1. The third-order valence-electron chi connectivity index (χ3n) is 6.79. The van der Waals surface area contributed by atoms with Crippen LogP contribution in [0.2, 0.25) is 0 Å². The van der Waals surface area contributed by atoms with Crippen molar-refractivity contribution in [2.45, 2.75) is 33.6 Å². The molecule has 2 aromatic rings. The van der Waals surface area contributed by atoms with Crippen molar-refractivity contribution in [2.75, 3.05) is 37.6 Å². The maximum atomic E-state index is 12.7. The van der Waals surface area contributed by atoms with Gasteiger partial charge in [0.25, 0.3) is 6.47 Å². The number of pyridine rings is 1. The molecule has 0 radical (unpaired) electrons. The van der Waals surface area contributed by atoms with Crippen LogP contribution in [0.5, 0.6) is 0 Å². The van der Waals surface area contributed by atoms with Crippen molar-refractivity contribution in [3.63, 3.8) is 0 Å². The monoisotopic (exact) mass is 466 g/mol. The molecule has 8 heteroatoms. The van der Waals surface area contributed by atoms with E-state index < -0.39 is 0 Å². The number of likely N-dealkylation sites (tertiary alicyclic amines) is 1. The number of aromatic nitrogens is 1. The lowest BCUT2D eigenvalue weighted by atomic mass is 9.76. The SMILES string of the molecule is CC(=O)NCC(=O)N1C[C@@H]2CN(c3cc(C)nc(C)c3)C[C@]2(CCc2ccccc2)C1.O=CO. The van der Waals surface area contributed by atoms with E-state index in [1.807, 2.05) is 24.8 Å². The summed E-state index contributed by atoms with van der Waals surface area (Å²) in [5.74, 6) is 0.276. The Morgan fingerprint density at radius 1 is 1.15 bits per heavy atom. The number of carbonyl (C=O) groups is 3. The molecule has 1 aromatic carbocycles. The van der Waals surface area contributed by atoms with E-state index in [1.165, 1.54) is 18.2 Å². The number of amides is 2. The molecule has 0 bridgehead atoms. The van der Waals surface area contributed by atoms with Crippen LogP contribution in [0.1, 0.15) is 30.3 Å². The van der Waals surface area contributed by atoms with Crippen LogP contribution in [0.3, 0.4) is 0 Å². The van der Waals surface area contributed by atoms with Crippen LogP contribution in [0, 0.1) is 25.2 Å². The van der Waals surface area contributed by atoms with E-state index in [0.29, 0.717) is 5.92 Å². The third kappa shape index (κ3) is 6.12. The zero-order valence-electron chi connectivity index (χ0n) is 20.2. The first kappa shape index (κ1) is 25.2. The van der Waals surface area contributed by atoms with Gasteiger partial charge in [-0.2, -0.15) is 0 Å². The van der Waals surface area contributed by atoms with Gasteiger partial charge in [0, 0.05) is 61.5 Å². The molecule has 34 heavy (non-hydrogen) atoms. The van der Waals surface area contributed by atoms with Crippen LogP contribution in [0.15, 0.2) is 42.5 Å². The molecule has 0 saturated carbocycles. The highest BCUT2D eigenvalue weighted by molar-refractivity contribution is 5.84. The van der Waals surface area contributed by atoms with Crippen molar-refractivity contribution in [3.8, 4) is 0 Å². The zero-order valence-corrected chi connectivity index (χ0v) is 20.2. The third-order valence-corrected chi connectivity index (χ3v) is 6.79. The lowest BCUT2D eigenvalue weighted by molar-refractivity contribution is -0.132. The molecule has 2 saturated heterocycles. The summed E-state index contributed by atoms with van der Waals surface area (Å²) in [4.78, 5) is 41.3. The van der Waals surface area contributed by atoms with Gasteiger partial charge in [-0.05, 0) is 44.4 Å². The topological polar surface area (TPSA) is 103 Å². The first-order chi connectivity index (χ1) is 16.3. The van der Waals surface area contributed by atoms with Gasteiger partial charge in [-0.1, -0.05) is 30.3 Å². The van der Waals surface area contributed by atoms with E-state index in [9.17, 15) is 9.59 Å². The fourth-order valence-electron chi connectivity index (χ4n) is 5.27. The number of aryl methyl sites for hydroxylation is 3. The number of fused-ring (bicyclic) bond motifs is 1. The fourth-order valence-corrected chi connectivity index (χ4v) is 5.27. The average molecular weight is 467 g/mol. The molecule has 2 aliphatic heterocycles.